The molecule has 1 unspecified atom stereocenters. The van der Waals surface area contributed by atoms with Gasteiger partial charge < -0.3 is 10.4 Å². The third-order valence-electron chi connectivity index (χ3n) is 2.65. The van der Waals surface area contributed by atoms with E-state index in [4.69, 9.17) is 0 Å². The van der Waals surface area contributed by atoms with E-state index in [0.717, 1.165) is 12.1 Å². The summed E-state index contributed by atoms with van der Waals surface area (Å²) >= 11 is 0. The zero-order chi connectivity index (χ0) is 13.8. The number of benzene rings is 2. The first-order valence-electron chi connectivity index (χ1n) is 5.69. The van der Waals surface area contributed by atoms with Crippen LogP contribution >= 0.6 is 0 Å². The van der Waals surface area contributed by atoms with Gasteiger partial charge in [-0.15, -0.1) is 0 Å². The fourth-order valence-corrected chi connectivity index (χ4v) is 1.65. The van der Waals surface area contributed by atoms with E-state index in [9.17, 15) is 18.3 Å². The van der Waals surface area contributed by atoms with Crippen LogP contribution in [0.15, 0.2) is 42.5 Å². The summed E-state index contributed by atoms with van der Waals surface area (Å²) in [7, 11) is 0. The standard InChI is InChI=1S/C14H12F3NO/c15-10-2-1-3-11(7-10)18-8-14(19)9-4-5-12(16)13(17)6-9/h1-7,14,18-19H,8H2. The van der Waals surface area contributed by atoms with Gasteiger partial charge in [0, 0.05) is 12.2 Å². The van der Waals surface area contributed by atoms with Crippen molar-refractivity contribution in [2.75, 3.05) is 11.9 Å². The molecule has 0 heterocycles. The van der Waals surface area contributed by atoms with Crippen LogP contribution in [0.2, 0.25) is 0 Å². The van der Waals surface area contributed by atoms with Crippen molar-refractivity contribution in [1.82, 2.24) is 0 Å². The molecule has 0 bridgehead atoms. The summed E-state index contributed by atoms with van der Waals surface area (Å²) in [5.74, 6) is -2.37. The molecule has 0 aromatic heterocycles. The maximum atomic E-state index is 13.0. The van der Waals surface area contributed by atoms with Crippen LogP contribution in [0.4, 0.5) is 18.9 Å². The number of hydrogen-bond donors (Lipinski definition) is 2. The van der Waals surface area contributed by atoms with Crippen LogP contribution in [0.1, 0.15) is 11.7 Å². The Labute approximate surface area is 108 Å². The topological polar surface area (TPSA) is 32.3 Å². The van der Waals surface area contributed by atoms with Crippen LogP contribution in [0.5, 0.6) is 0 Å². The molecular formula is C14H12F3NO. The van der Waals surface area contributed by atoms with Gasteiger partial charge in [0.2, 0.25) is 0 Å². The van der Waals surface area contributed by atoms with E-state index < -0.39 is 23.6 Å². The first-order chi connectivity index (χ1) is 9.06. The van der Waals surface area contributed by atoms with Crippen molar-refractivity contribution in [3.63, 3.8) is 0 Å². The average Bonchev–Trinajstić information content (AvgIpc) is 2.39. The summed E-state index contributed by atoms with van der Waals surface area (Å²) in [5.41, 5.74) is 0.754. The van der Waals surface area contributed by atoms with Crippen LogP contribution in [0.3, 0.4) is 0 Å². The minimum Gasteiger partial charge on any atom is -0.387 e. The first kappa shape index (κ1) is 13.4. The molecule has 2 aromatic rings. The summed E-state index contributed by atoms with van der Waals surface area (Å²) in [6.45, 7) is 0.0640. The number of rotatable bonds is 4. The Hall–Kier alpha value is -2.01. The minimum atomic E-state index is -1.02. The van der Waals surface area contributed by atoms with Crippen molar-refractivity contribution in [2.24, 2.45) is 0 Å². The summed E-state index contributed by atoms with van der Waals surface area (Å²) in [4.78, 5) is 0. The Morgan fingerprint density at radius 2 is 1.79 bits per heavy atom. The Morgan fingerprint density at radius 1 is 1.00 bits per heavy atom. The van der Waals surface area contributed by atoms with Gasteiger partial charge in [0.15, 0.2) is 11.6 Å². The molecule has 2 nitrogen and oxygen atoms in total. The summed E-state index contributed by atoms with van der Waals surface area (Å²) in [6.07, 6.45) is -1.02. The number of aliphatic hydroxyl groups excluding tert-OH is 1. The van der Waals surface area contributed by atoms with Gasteiger partial charge in [-0.25, -0.2) is 13.2 Å². The van der Waals surface area contributed by atoms with Crippen molar-refractivity contribution in [2.45, 2.75) is 6.10 Å². The van der Waals surface area contributed by atoms with Gasteiger partial charge in [0.1, 0.15) is 5.82 Å². The maximum absolute atomic E-state index is 13.0. The van der Waals surface area contributed by atoms with E-state index in [1.807, 2.05) is 0 Å². The zero-order valence-electron chi connectivity index (χ0n) is 9.91. The molecule has 0 saturated heterocycles. The lowest BCUT2D eigenvalue weighted by atomic mass is 10.1. The highest BCUT2D eigenvalue weighted by Gasteiger charge is 2.10. The Morgan fingerprint density at radius 3 is 2.47 bits per heavy atom. The predicted octanol–water partition coefficient (Wildman–Crippen LogP) is 3.25. The van der Waals surface area contributed by atoms with Gasteiger partial charge in [-0.3, -0.25) is 0 Å². The molecule has 0 radical (unpaired) electrons. The van der Waals surface area contributed by atoms with E-state index in [-0.39, 0.29) is 12.1 Å². The van der Waals surface area contributed by atoms with Gasteiger partial charge in [0.25, 0.3) is 0 Å². The van der Waals surface area contributed by atoms with Crippen molar-refractivity contribution < 1.29 is 18.3 Å². The van der Waals surface area contributed by atoms with Crippen LogP contribution in [0, 0.1) is 17.5 Å². The van der Waals surface area contributed by atoms with Gasteiger partial charge in [0.05, 0.1) is 6.10 Å². The molecule has 0 amide bonds. The molecule has 19 heavy (non-hydrogen) atoms. The second kappa shape index (κ2) is 5.75. The number of nitrogens with one attached hydrogen (secondary N) is 1. The summed E-state index contributed by atoms with van der Waals surface area (Å²) < 4.78 is 38.7. The molecule has 5 heteroatoms. The highest BCUT2D eigenvalue weighted by molar-refractivity contribution is 5.43. The Bertz CT molecular complexity index is 574. The third kappa shape index (κ3) is 3.48. The fraction of sp³-hybridized carbons (Fsp3) is 0.143. The van der Waals surface area contributed by atoms with Crippen LogP contribution in [0.25, 0.3) is 0 Å². The van der Waals surface area contributed by atoms with E-state index in [0.29, 0.717) is 5.69 Å². The molecule has 2 aromatic carbocycles. The smallest absolute Gasteiger partial charge is 0.159 e. The molecule has 0 spiro atoms. The second-order valence-corrected chi connectivity index (χ2v) is 4.08. The molecule has 2 N–H and O–H groups in total. The van der Waals surface area contributed by atoms with Crippen LogP contribution in [-0.4, -0.2) is 11.7 Å². The number of hydrogen-bond acceptors (Lipinski definition) is 2. The van der Waals surface area contributed by atoms with Gasteiger partial charge in [-0.05, 0) is 35.9 Å². The maximum Gasteiger partial charge on any atom is 0.159 e. The fourth-order valence-electron chi connectivity index (χ4n) is 1.65. The van der Waals surface area contributed by atoms with E-state index in [1.54, 1.807) is 6.07 Å². The highest BCUT2D eigenvalue weighted by Crippen LogP contribution is 2.17. The SMILES string of the molecule is OC(CNc1cccc(F)c1)c1ccc(F)c(F)c1. The lowest BCUT2D eigenvalue weighted by molar-refractivity contribution is 0.191. The molecule has 100 valence electrons. The Kier molecular flexibility index (Phi) is 4.06. The molecule has 0 aliphatic heterocycles. The molecule has 2 rings (SSSR count). The van der Waals surface area contributed by atoms with Crippen LogP contribution < -0.4 is 5.32 Å². The first-order valence-corrected chi connectivity index (χ1v) is 5.69. The second-order valence-electron chi connectivity index (χ2n) is 4.08. The summed E-state index contributed by atoms with van der Waals surface area (Å²) in [5, 5.41) is 12.6. The zero-order valence-corrected chi connectivity index (χ0v) is 9.91. The summed E-state index contributed by atoms with van der Waals surface area (Å²) in [6, 6.07) is 8.94. The number of aliphatic hydroxyl groups is 1. The molecule has 0 fully saturated rings. The lowest BCUT2D eigenvalue weighted by Crippen LogP contribution is -2.12. The lowest BCUT2D eigenvalue weighted by Gasteiger charge is -2.13. The van der Waals surface area contributed by atoms with E-state index >= 15 is 0 Å². The van der Waals surface area contributed by atoms with Crippen molar-refractivity contribution in [1.29, 1.82) is 0 Å². The normalized spacial score (nSPS) is 12.2. The molecule has 0 aliphatic carbocycles. The molecule has 1 atom stereocenters. The predicted molar refractivity (Wildman–Crippen MR) is 66.2 cm³/mol. The van der Waals surface area contributed by atoms with Crippen molar-refractivity contribution in [3.05, 3.63) is 65.5 Å². The van der Waals surface area contributed by atoms with Gasteiger partial charge >= 0.3 is 0 Å². The number of halogens is 3. The molecular weight excluding hydrogens is 255 g/mol. The van der Waals surface area contributed by atoms with E-state index in [2.05, 4.69) is 5.32 Å². The third-order valence-corrected chi connectivity index (χ3v) is 2.65. The van der Waals surface area contributed by atoms with E-state index in [1.165, 1.54) is 24.3 Å². The van der Waals surface area contributed by atoms with Crippen molar-refractivity contribution in [3.8, 4) is 0 Å². The largest absolute Gasteiger partial charge is 0.387 e. The quantitative estimate of drug-likeness (QED) is 0.891. The van der Waals surface area contributed by atoms with Gasteiger partial charge in [-0.2, -0.15) is 0 Å². The van der Waals surface area contributed by atoms with Gasteiger partial charge in [-0.1, -0.05) is 12.1 Å². The highest BCUT2D eigenvalue weighted by atomic mass is 19.2. The Balaban J connectivity index is 2.01. The number of anilines is 1. The van der Waals surface area contributed by atoms with Crippen LogP contribution in [-0.2, 0) is 0 Å². The molecule has 0 aliphatic rings. The molecule has 0 saturated carbocycles. The van der Waals surface area contributed by atoms with Crippen molar-refractivity contribution >= 4 is 5.69 Å². The minimum absolute atomic E-state index is 0.0640. The monoisotopic (exact) mass is 267 g/mol. The average molecular weight is 267 g/mol.